The molecule has 2 N–H and O–H groups in total. The lowest BCUT2D eigenvalue weighted by atomic mass is 10.1. The van der Waals surface area contributed by atoms with Crippen LogP contribution in [0.5, 0.6) is 0 Å². The highest BCUT2D eigenvalue weighted by molar-refractivity contribution is 7.91. The van der Waals surface area contributed by atoms with Crippen molar-refractivity contribution in [1.82, 2.24) is 0 Å². The first kappa shape index (κ1) is 13.3. The topological polar surface area (TPSA) is 63.4 Å². The van der Waals surface area contributed by atoms with Gasteiger partial charge in [-0.1, -0.05) is 0 Å². The quantitative estimate of drug-likeness (QED) is 0.875. The summed E-state index contributed by atoms with van der Waals surface area (Å²) in [5.74, 6) is -0.0402. The lowest BCUT2D eigenvalue weighted by molar-refractivity contribution is 0.586. The number of benzene rings is 1. The van der Waals surface area contributed by atoms with E-state index in [9.17, 15) is 12.8 Å². The van der Waals surface area contributed by atoms with Crippen molar-refractivity contribution >= 4 is 15.5 Å². The Bertz CT molecular complexity index is 529. The first-order valence-electron chi connectivity index (χ1n) is 5.89. The molecule has 2 rings (SSSR count). The number of halogens is 1. The molecule has 0 bridgehead atoms. The number of sulfone groups is 1. The van der Waals surface area contributed by atoms with Crippen molar-refractivity contribution < 1.29 is 12.8 Å². The molecule has 1 aliphatic heterocycles. The van der Waals surface area contributed by atoms with Crippen LogP contribution in [0.15, 0.2) is 18.2 Å². The maximum Gasteiger partial charge on any atom is 0.153 e. The largest absolute Gasteiger partial charge is 0.369 e. The summed E-state index contributed by atoms with van der Waals surface area (Å²) >= 11 is 0. The molecule has 0 aromatic heterocycles. The summed E-state index contributed by atoms with van der Waals surface area (Å²) in [5.41, 5.74) is 7.38. The second kappa shape index (κ2) is 4.85. The van der Waals surface area contributed by atoms with Crippen molar-refractivity contribution in [3.8, 4) is 0 Å². The van der Waals surface area contributed by atoms with Crippen LogP contribution in [0.1, 0.15) is 18.5 Å². The van der Waals surface area contributed by atoms with Crippen molar-refractivity contribution in [2.75, 3.05) is 29.5 Å². The van der Waals surface area contributed by atoms with E-state index in [1.165, 1.54) is 12.1 Å². The van der Waals surface area contributed by atoms with Gasteiger partial charge in [0.25, 0.3) is 0 Å². The summed E-state index contributed by atoms with van der Waals surface area (Å²) in [4.78, 5) is 1.96. The molecule has 6 heteroatoms. The van der Waals surface area contributed by atoms with Crippen LogP contribution in [-0.4, -0.2) is 33.0 Å². The zero-order chi connectivity index (χ0) is 13.3. The smallest absolute Gasteiger partial charge is 0.153 e. The van der Waals surface area contributed by atoms with Gasteiger partial charge in [-0.2, -0.15) is 0 Å². The van der Waals surface area contributed by atoms with Crippen LogP contribution >= 0.6 is 0 Å². The van der Waals surface area contributed by atoms with Gasteiger partial charge >= 0.3 is 0 Å². The molecule has 1 atom stereocenters. The van der Waals surface area contributed by atoms with Crippen molar-refractivity contribution in [2.24, 2.45) is 5.73 Å². The molecule has 0 radical (unpaired) electrons. The molecule has 1 unspecified atom stereocenters. The number of nitrogens with two attached hydrogens (primary N) is 1. The maximum atomic E-state index is 13.2. The normalized spacial score (nSPS) is 20.7. The van der Waals surface area contributed by atoms with E-state index in [1.54, 1.807) is 13.0 Å². The molecule has 1 aliphatic rings. The predicted octanol–water partition coefficient (Wildman–Crippen LogP) is 1.08. The van der Waals surface area contributed by atoms with Crippen LogP contribution in [0.25, 0.3) is 0 Å². The Morgan fingerprint density at radius 2 is 1.94 bits per heavy atom. The van der Waals surface area contributed by atoms with Crippen LogP contribution in [0.3, 0.4) is 0 Å². The molecule has 0 saturated carbocycles. The zero-order valence-corrected chi connectivity index (χ0v) is 11.1. The Hall–Kier alpha value is -1.14. The van der Waals surface area contributed by atoms with Gasteiger partial charge in [0, 0.05) is 24.8 Å². The second-order valence-electron chi connectivity index (χ2n) is 4.63. The molecule has 0 spiro atoms. The Labute approximate surface area is 107 Å². The third kappa shape index (κ3) is 2.81. The monoisotopic (exact) mass is 272 g/mol. The van der Waals surface area contributed by atoms with Gasteiger partial charge in [0.2, 0.25) is 0 Å². The zero-order valence-electron chi connectivity index (χ0n) is 10.3. The molecule has 18 heavy (non-hydrogen) atoms. The van der Waals surface area contributed by atoms with Crippen LogP contribution in [-0.2, 0) is 9.84 Å². The van der Waals surface area contributed by atoms with Gasteiger partial charge in [-0.3, -0.25) is 0 Å². The number of rotatable bonds is 2. The van der Waals surface area contributed by atoms with Gasteiger partial charge in [-0.25, -0.2) is 12.8 Å². The fourth-order valence-corrected chi connectivity index (χ4v) is 3.33. The first-order chi connectivity index (χ1) is 8.39. The van der Waals surface area contributed by atoms with E-state index < -0.39 is 9.84 Å². The predicted molar refractivity (Wildman–Crippen MR) is 69.9 cm³/mol. The average Bonchev–Trinajstić information content (AvgIpc) is 2.29. The molecular formula is C12H17FN2O2S. The summed E-state index contributed by atoms with van der Waals surface area (Å²) in [6.07, 6.45) is 0. The minimum absolute atomic E-state index is 0.142. The lowest BCUT2D eigenvalue weighted by Crippen LogP contribution is -2.41. The van der Waals surface area contributed by atoms with Gasteiger partial charge in [-0.15, -0.1) is 0 Å². The Balaban J connectivity index is 2.29. The molecule has 0 amide bonds. The van der Waals surface area contributed by atoms with Gasteiger partial charge in [0.15, 0.2) is 9.84 Å². The van der Waals surface area contributed by atoms with Gasteiger partial charge in [0.05, 0.1) is 11.5 Å². The van der Waals surface area contributed by atoms with E-state index in [4.69, 9.17) is 5.73 Å². The number of nitrogens with zero attached hydrogens (tertiary/aromatic N) is 1. The Morgan fingerprint density at radius 3 is 2.50 bits per heavy atom. The fraction of sp³-hybridized carbons (Fsp3) is 0.500. The van der Waals surface area contributed by atoms with Crippen molar-refractivity contribution in [2.45, 2.75) is 13.0 Å². The fourth-order valence-electron chi connectivity index (χ4n) is 2.13. The van der Waals surface area contributed by atoms with E-state index in [0.717, 1.165) is 5.69 Å². The number of hydrogen-bond donors (Lipinski definition) is 1. The van der Waals surface area contributed by atoms with Gasteiger partial charge in [-0.05, 0) is 30.7 Å². The molecule has 4 nitrogen and oxygen atoms in total. The molecule has 100 valence electrons. The van der Waals surface area contributed by atoms with E-state index in [2.05, 4.69) is 0 Å². The summed E-state index contributed by atoms with van der Waals surface area (Å²) in [7, 11) is -2.91. The minimum Gasteiger partial charge on any atom is -0.369 e. The Morgan fingerprint density at radius 1 is 1.33 bits per heavy atom. The van der Waals surface area contributed by atoms with Crippen molar-refractivity contribution in [1.29, 1.82) is 0 Å². The van der Waals surface area contributed by atoms with Crippen molar-refractivity contribution in [3.63, 3.8) is 0 Å². The average molecular weight is 272 g/mol. The highest BCUT2D eigenvalue weighted by atomic mass is 32.2. The molecule has 0 aliphatic carbocycles. The van der Waals surface area contributed by atoms with Crippen LogP contribution in [0.2, 0.25) is 0 Å². The van der Waals surface area contributed by atoms with E-state index in [1.807, 2.05) is 4.90 Å². The SMILES string of the molecule is CC(N)c1cc(F)ccc1N1CCS(=O)(=O)CC1. The Kier molecular flexibility index (Phi) is 3.59. The molecule has 1 aromatic carbocycles. The lowest BCUT2D eigenvalue weighted by Gasteiger charge is -2.31. The summed E-state index contributed by atoms with van der Waals surface area (Å²) in [6, 6.07) is 4.19. The van der Waals surface area contributed by atoms with Crippen molar-refractivity contribution in [3.05, 3.63) is 29.6 Å². The standard InChI is InChI=1S/C12H17FN2O2S/c1-9(14)11-8-10(13)2-3-12(11)15-4-6-18(16,17)7-5-15/h2-3,8-9H,4-7,14H2,1H3. The summed E-state index contributed by atoms with van der Waals surface area (Å²) in [6.45, 7) is 2.67. The molecule has 1 heterocycles. The first-order valence-corrected chi connectivity index (χ1v) is 7.71. The molecule has 1 fully saturated rings. The van der Waals surface area contributed by atoms with Crippen LogP contribution < -0.4 is 10.6 Å². The third-order valence-electron chi connectivity index (χ3n) is 3.17. The van der Waals surface area contributed by atoms with E-state index in [0.29, 0.717) is 18.7 Å². The molecule has 1 saturated heterocycles. The van der Waals surface area contributed by atoms with E-state index in [-0.39, 0.29) is 23.4 Å². The highest BCUT2D eigenvalue weighted by Gasteiger charge is 2.23. The number of anilines is 1. The third-order valence-corrected chi connectivity index (χ3v) is 4.77. The van der Waals surface area contributed by atoms with Crippen LogP contribution in [0.4, 0.5) is 10.1 Å². The molecule has 1 aromatic rings. The van der Waals surface area contributed by atoms with E-state index >= 15 is 0 Å². The minimum atomic E-state index is -2.91. The van der Waals surface area contributed by atoms with Gasteiger partial charge < -0.3 is 10.6 Å². The van der Waals surface area contributed by atoms with Crippen LogP contribution in [0, 0.1) is 5.82 Å². The second-order valence-corrected chi connectivity index (χ2v) is 6.93. The number of hydrogen-bond acceptors (Lipinski definition) is 4. The summed E-state index contributed by atoms with van der Waals surface area (Å²) < 4.78 is 36.0. The van der Waals surface area contributed by atoms with Gasteiger partial charge in [0.1, 0.15) is 5.82 Å². The maximum absolute atomic E-state index is 13.2. The molecular weight excluding hydrogens is 255 g/mol. The highest BCUT2D eigenvalue weighted by Crippen LogP contribution is 2.27. The summed E-state index contributed by atoms with van der Waals surface area (Å²) in [5, 5.41) is 0.